The van der Waals surface area contributed by atoms with Gasteiger partial charge < -0.3 is 14.2 Å². The van der Waals surface area contributed by atoms with Gasteiger partial charge in [0.05, 0.1) is 17.1 Å². The Morgan fingerprint density at radius 3 is 1.63 bits per heavy atom. The molecular weight excluding hydrogens is 929 g/mol. The molecule has 14 aromatic rings. The Morgan fingerprint density at radius 2 is 0.880 bits per heavy atom. The first-order valence-electron chi connectivity index (χ1n) is 25.8. The van der Waals surface area contributed by atoms with E-state index in [4.69, 9.17) is 4.42 Å². The average molecular weight is 977 g/mol. The second-order valence-corrected chi connectivity index (χ2v) is 21.4. The second-order valence-electron chi connectivity index (χ2n) is 20.4. The van der Waals surface area contributed by atoms with E-state index in [-0.39, 0.29) is 5.41 Å². The van der Waals surface area contributed by atoms with Gasteiger partial charge in [-0.05, 0) is 110 Å². The van der Waals surface area contributed by atoms with Crippen LogP contribution in [-0.2, 0) is 5.41 Å². The van der Waals surface area contributed by atoms with Gasteiger partial charge in [-0.2, -0.15) is 0 Å². The quantitative estimate of drug-likeness (QED) is 0.142. The first-order chi connectivity index (χ1) is 37.0. The minimum atomic E-state index is -0.151. The van der Waals surface area contributed by atoms with Crippen molar-refractivity contribution in [2.24, 2.45) is 0 Å². The highest BCUT2D eigenvalue weighted by Crippen LogP contribution is 2.53. The molecule has 0 amide bonds. The lowest BCUT2D eigenvalue weighted by Crippen LogP contribution is -2.16. The molecule has 0 radical (unpaired) electrons. The Kier molecular flexibility index (Phi) is 9.79. The number of fused-ring (bicyclic) bond motifs is 14. The van der Waals surface area contributed by atoms with E-state index in [9.17, 15) is 0 Å². The van der Waals surface area contributed by atoms with Crippen molar-refractivity contribution in [2.75, 3.05) is 9.80 Å². The topological polar surface area (TPSA) is 19.6 Å². The van der Waals surface area contributed by atoms with E-state index in [1.807, 2.05) is 17.4 Å². The van der Waals surface area contributed by atoms with E-state index in [1.165, 1.54) is 75.1 Å². The number of rotatable bonds is 8. The molecule has 1 aliphatic carbocycles. The van der Waals surface area contributed by atoms with Crippen molar-refractivity contribution in [1.82, 2.24) is 0 Å². The van der Waals surface area contributed by atoms with Crippen molar-refractivity contribution < 1.29 is 4.42 Å². The van der Waals surface area contributed by atoms with E-state index in [2.05, 4.69) is 272 Å². The smallest absolute Gasteiger partial charge is 0.159 e. The third-order valence-corrected chi connectivity index (χ3v) is 17.0. The standard InChI is InChI=1S/C71H48N2OS/c1-71(2)61-31-15-11-27-53(61)54-39-36-48(43-62(54)71)72(63-32-16-12-24-50(63)45-20-5-3-6-21-45)47-37-40-58-60(42-47)52-26-9-10-29-56(52)68-59-41-38-49(44-67(59)75-70(58)68)73(64-33-17-13-25-51(64)46-22-7-4-8-23-46)65-34-19-30-57-55-28-14-18-35-66(55)74-69(57)65/h3-44H,1-2H3. The number of benzene rings is 12. The predicted molar refractivity (Wildman–Crippen MR) is 319 cm³/mol. The first-order valence-corrected chi connectivity index (χ1v) is 26.6. The molecule has 0 fully saturated rings. The Balaban J connectivity index is 0.944. The number of nitrogens with zero attached hydrogens (tertiary/aromatic N) is 2. The van der Waals surface area contributed by atoms with Crippen LogP contribution in [0.25, 0.3) is 97.0 Å². The van der Waals surface area contributed by atoms with E-state index in [0.717, 1.165) is 67.2 Å². The van der Waals surface area contributed by atoms with Crippen LogP contribution in [0.2, 0.25) is 0 Å². The zero-order valence-electron chi connectivity index (χ0n) is 41.5. The Labute approximate surface area is 439 Å². The highest BCUT2D eigenvalue weighted by molar-refractivity contribution is 7.27. The van der Waals surface area contributed by atoms with Crippen LogP contribution in [0.3, 0.4) is 0 Å². The lowest BCUT2D eigenvalue weighted by molar-refractivity contribution is 0.660. The number of hydrogen-bond donors (Lipinski definition) is 0. The molecule has 1 aliphatic rings. The highest BCUT2D eigenvalue weighted by Gasteiger charge is 2.36. The zero-order chi connectivity index (χ0) is 49.8. The fraction of sp³-hybridized carbons (Fsp3) is 0.0423. The molecule has 354 valence electrons. The largest absolute Gasteiger partial charge is 0.454 e. The van der Waals surface area contributed by atoms with Gasteiger partial charge in [-0.15, -0.1) is 11.3 Å². The number of hydrogen-bond acceptors (Lipinski definition) is 4. The van der Waals surface area contributed by atoms with Gasteiger partial charge in [0.2, 0.25) is 0 Å². The van der Waals surface area contributed by atoms with E-state index >= 15 is 0 Å². The molecule has 4 heteroatoms. The number of anilines is 6. The highest BCUT2D eigenvalue weighted by atomic mass is 32.1. The number of para-hydroxylation sites is 4. The molecule has 2 aromatic heterocycles. The summed E-state index contributed by atoms with van der Waals surface area (Å²) in [5.41, 5.74) is 18.1. The molecule has 75 heavy (non-hydrogen) atoms. The molecule has 12 aromatic carbocycles. The average Bonchev–Trinajstić information content (AvgIpc) is 4.19. The summed E-state index contributed by atoms with van der Waals surface area (Å²) in [6.07, 6.45) is 0. The van der Waals surface area contributed by atoms with Gasteiger partial charge >= 0.3 is 0 Å². The van der Waals surface area contributed by atoms with Gasteiger partial charge in [0.1, 0.15) is 5.58 Å². The molecule has 3 nitrogen and oxygen atoms in total. The fourth-order valence-corrected chi connectivity index (χ4v) is 13.6. The molecule has 0 saturated heterocycles. The summed E-state index contributed by atoms with van der Waals surface area (Å²) in [4.78, 5) is 4.89. The van der Waals surface area contributed by atoms with E-state index < -0.39 is 0 Å². The van der Waals surface area contributed by atoms with Crippen molar-refractivity contribution in [1.29, 1.82) is 0 Å². The van der Waals surface area contributed by atoms with Crippen LogP contribution >= 0.6 is 11.3 Å². The van der Waals surface area contributed by atoms with Gasteiger partial charge in [0.25, 0.3) is 0 Å². The van der Waals surface area contributed by atoms with Crippen LogP contribution in [0.5, 0.6) is 0 Å². The minimum absolute atomic E-state index is 0.151. The maximum absolute atomic E-state index is 6.80. The summed E-state index contributed by atoms with van der Waals surface area (Å²) in [7, 11) is 0. The summed E-state index contributed by atoms with van der Waals surface area (Å²) >= 11 is 1.89. The van der Waals surface area contributed by atoms with Crippen LogP contribution in [0.4, 0.5) is 34.1 Å². The van der Waals surface area contributed by atoms with Crippen LogP contribution in [0, 0.1) is 0 Å². The van der Waals surface area contributed by atoms with Crippen molar-refractivity contribution in [3.63, 3.8) is 0 Å². The third-order valence-electron chi connectivity index (χ3n) is 15.8. The molecule has 0 N–H and O–H groups in total. The Bertz CT molecular complexity index is 4590. The molecule has 0 unspecified atom stereocenters. The zero-order valence-corrected chi connectivity index (χ0v) is 42.3. The second kappa shape index (κ2) is 16.9. The van der Waals surface area contributed by atoms with Gasteiger partial charge in [0, 0.05) is 69.9 Å². The Hall–Kier alpha value is -9.22. The van der Waals surface area contributed by atoms with Crippen LogP contribution in [0.1, 0.15) is 25.0 Å². The molecule has 0 saturated carbocycles. The van der Waals surface area contributed by atoms with Crippen molar-refractivity contribution in [3.05, 3.63) is 266 Å². The molecule has 0 spiro atoms. The lowest BCUT2D eigenvalue weighted by Gasteiger charge is -2.30. The van der Waals surface area contributed by atoms with Gasteiger partial charge in [-0.25, -0.2) is 0 Å². The van der Waals surface area contributed by atoms with Crippen molar-refractivity contribution in [2.45, 2.75) is 19.3 Å². The van der Waals surface area contributed by atoms with Crippen molar-refractivity contribution in [3.8, 4) is 33.4 Å². The van der Waals surface area contributed by atoms with Gasteiger partial charge in [-0.3, -0.25) is 0 Å². The minimum Gasteiger partial charge on any atom is -0.454 e. The Morgan fingerprint density at radius 1 is 0.347 bits per heavy atom. The van der Waals surface area contributed by atoms with E-state index in [0.29, 0.717) is 0 Å². The number of furan rings is 1. The monoisotopic (exact) mass is 976 g/mol. The first kappa shape index (κ1) is 43.4. The number of thiophene rings is 1. The maximum atomic E-state index is 6.80. The molecule has 2 heterocycles. The summed E-state index contributed by atoms with van der Waals surface area (Å²) < 4.78 is 9.31. The SMILES string of the molecule is CC1(C)c2ccccc2-c2ccc(N(c3ccc4c(c3)c3ccccc3c3c5ccc(N(c6ccccc6-c6ccccc6)c6cccc7c6oc6ccccc67)cc5sc43)c3ccccc3-c3ccccc3)cc21. The van der Waals surface area contributed by atoms with Crippen LogP contribution in [-0.4, -0.2) is 0 Å². The van der Waals surface area contributed by atoms with Crippen LogP contribution < -0.4 is 9.80 Å². The summed E-state index contributed by atoms with van der Waals surface area (Å²) in [6, 6.07) is 93.3. The summed E-state index contributed by atoms with van der Waals surface area (Å²) in [6.45, 7) is 4.74. The van der Waals surface area contributed by atoms with Crippen molar-refractivity contribution >= 4 is 109 Å². The summed E-state index contributed by atoms with van der Waals surface area (Å²) in [5.74, 6) is 0. The molecule has 0 atom stereocenters. The molecule has 15 rings (SSSR count). The van der Waals surface area contributed by atoms with E-state index in [1.54, 1.807) is 0 Å². The maximum Gasteiger partial charge on any atom is 0.159 e. The van der Waals surface area contributed by atoms with Gasteiger partial charge in [0.15, 0.2) is 5.58 Å². The molecule has 0 bridgehead atoms. The molecule has 0 aliphatic heterocycles. The normalized spacial score (nSPS) is 12.8. The van der Waals surface area contributed by atoms with Gasteiger partial charge in [-0.1, -0.05) is 208 Å². The summed E-state index contributed by atoms with van der Waals surface area (Å²) in [5, 5.41) is 9.71. The lowest BCUT2D eigenvalue weighted by atomic mass is 9.82. The predicted octanol–water partition coefficient (Wildman–Crippen LogP) is 20.8. The van der Waals surface area contributed by atoms with Crippen LogP contribution in [0.15, 0.2) is 259 Å². The third kappa shape index (κ3) is 6.73. The molecular formula is C71H48N2OS. The fourth-order valence-electron chi connectivity index (χ4n) is 12.3.